The average molecular weight is 261 g/mol. The predicted octanol–water partition coefficient (Wildman–Crippen LogP) is 2.05. The summed E-state index contributed by atoms with van der Waals surface area (Å²) >= 11 is 1.17. The number of aryl methyl sites for hydroxylation is 1. The van der Waals surface area contributed by atoms with E-state index in [0.717, 1.165) is 0 Å². The molecule has 0 unspecified atom stereocenters. The Hall–Kier alpha value is -2.05. The first-order valence-corrected chi connectivity index (χ1v) is 6.21. The van der Waals surface area contributed by atoms with Crippen molar-refractivity contribution in [2.45, 2.75) is 18.9 Å². The summed E-state index contributed by atoms with van der Waals surface area (Å²) in [5, 5.41) is 18.0. The van der Waals surface area contributed by atoms with Gasteiger partial charge in [-0.15, -0.1) is 0 Å². The van der Waals surface area contributed by atoms with Crippen LogP contribution in [-0.2, 0) is 4.74 Å². The van der Waals surface area contributed by atoms with Crippen molar-refractivity contribution >= 4 is 17.7 Å². The lowest BCUT2D eigenvalue weighted by Crippen LogP contribution is -2.09. The first-order chi connectivity index (χ1) is 8.63. The smallest absolute Gasteiger partial charge is 0.340 e. The molecule has 0 spiro atoms. The molecule has 0 aliphatic rings. The predicted molar refractivity (Wildman–Crippen MR) is 66.0 cm³/mol. The van der Waals surface area contributed by atoms with Crippen molar-refractivity contribution in [1.82, 2.24) is 4.98 Å². The Kier molecular flexibility index (Phi) is 5.16. The fraction of sp³-hybridized carbons (Fsp3) is 0.333. The molecule has 0 amide bonds. The minimum absolute atomic E-state index is 0.208. The van der Waals surface area contributed by atoms with Gasteiger partial charge in [0.25, 0.3) is 0 Å². The maximum atomic E-state index is 11.6. The summed E-state index contributed by atoms with van der Waals surface area (Å²) in [5.74, 6) is -0.282. The normalized spacial score (nSPS) is 9.33. The molecule has 0 aliphatic heterocycles. The highest BCUT2D eigenvalue weighted by Gasteiger charge is 2.15. The topological polar surface area (TPSA) is 86.8 Å². The molecule has 0 atom stereocenters. The monoisotopic (exact) mass is 261 g/mol. The molecular weight excluding hydrogens is 250 g/mol. The summed E-state index contributed by atoms with van der Waals surface area (Å²) in [6, 6.07) is 5.39. The van der Waals surface area contributed by atoms with Gasteiger partial charge in [-0.1, -0.05) is 11.8 Å². The molecule has 0 bridgehead atoms. The third kappa shape index (κ3) is 3.22. The van der Waals surface area contributed by atoms with Gasteiger partial charge in [0.15, 0.2) is 0 Å². The van der Waals surface area contributed by atoms with Crippen LogP contribution in [0.5, 0.6) is 0 Å². The van der Waals surface area contributed by atoms with Crippen LogP contribution in [0.1, 0.15) is 28.5 Å². The maximum Gasteiger partial charge on any atom is 0.340 e. The number of aromatic nitrogens is 1. The second-order valence-electron chi connectivity index (χ2n) is 3.25. The number of nitriles is 2. The Morgan fingerprint density at radius 3 is 2.83 bits per heavy atom. The van der Waals surface area contributed by atoms with E-state index in [1.54, 1.807) is 13.8 Å². The summed E-state index contributed by atoms with van der Waals surface area (Å²) in [4.78, 5) is 15.8. The van der Waals surface area contributed by atoms with E-state index in [4.69, 9.17) is 15.3 Å². The van der Waals surface area contributed by atoms with Gasteiger partial charge in [0.2, 0.25) is 0 Å². The summed E-state index contributed by atoms with van der Waals surface area (Å²) in [5.41, 5.74) is 1.06. The summed E-state index contributed by atoms with van der Waals surface area (Å²) in [6.07, 6.45) is 0. The van der Waals surface area contributed by atoms with Crippen LogP contribution in [0, 0.1) is 29.6 Å². The lowest BCUT2D eigenvalue weighted by atomic mass is 10.1. The molecule has 0 aliphatic carbocycles. The van der Waals surface area contributed by atoms with E-state index in [2.05, 4.69) is 4.98 Å². The molecular formula is C12H11N3O2S. The van der Waals surface area contributed by atoms with Crippen LogP contribution in [-0.4, -0.2) is 23.3 Å². The van der Waals surface area contributed by atoms with Crippen molar-refractivity contribution in [1.29, 1.82) is 10.5 Å². The molecule has 0 aromatic carbocycles. The Morgan fingerprint density at radius 1 is 1.56 bits per heavy atom. The molecule has 5 nitrogen and oxygen atoms in total. The molecule has 0 N–H and O–H groups in total. The van der Waals surface area contributed by atoms with Crippen molar-refractivity contribution < 1.29 is 9.53 Å². The summed E-state index contributed by atoms with van der Waals surface area (Å²) in [6.45, 7) is 3.65. The Morgan fingerprint density at radius 2 is 2.28 bits per heavy atom. The number of hydrogen-bond donors (Lipinski definition) is 0. The lowest BCUT2D eigenvalue weighted by molar-refractivity contribution is 0.0524. The van der Waals surface area contributed by atoms with Crippen LogP contribution < -0.4 is 0 Å². The first kappa shape index (κ1) is 14.0. The van der Waals surface area contributed by atoms with Gasteiger partial charge in [-0.3, -0.25) is 0 Å². The molecule has 92 valence electrons. The van der Waals surface area contributed by atoms with Gasteiger partial charge >= 0.3 is 5.97 Å². The van der Waals surface area contributed by atoms with E-state index >= 15 is 0 Å². The Bertz CT molecular complexity index is 543. The molecule has 0 fully saturated rings. The molecule has 0 saturated heterocycles. The van der Waals surface area contributed by atoms with Crippen LogP contribution >= 0.6 is 11.8 Å². The van der Waals surface area contributed by atoms with E-state index in [1.807, 2.05) is 12.1 Å². The third-order valence-corrected chi connectivity index (χ3v) is 2.93. The second kappa shape index (κ2) is 6.63. The molecule has 1 rings (SSSR count). The van der Waals surface area contributed by atoms with Gasteiger partial charge in [0.05, 0.1) is 35.2 Å². The van der Waals surface area contributed by atoms with E-state index < -0.39 is 5.97 Å². The number of esters is 1. The Balaban J connectivity index is 3.15. The molecule has 1 heterocycles. The zero-order valence-electron chi connectivity index (χ0n) is 10.1. The molecule has 0 saturated carbocycles. The van der Waals surface area contributed by atoms with E-state index in [0.29, 0.717) is 10.7 Å². The van der Waals surface area contributed by atoms with Gasteiger partial charge in [0.1, 0.15) is 11.1 Å². The van der Waals surface area contributed by atoms with Crippen LogP contribution in [0.15, 0.2) is 11.1 Å². The number of hydrogen-bond acceptors (Lipinski definition) is 6. The fourth-order valence-corrected chi connectivity index (χ4v) is 1.95. The maximum absolute atomic E-state index is 11.6. The SMILES string of the molecule is CCOC(=O)c1cc(C#N)c(SCC#N)nc1C. The average Bonchev–Trinajstić information content (AvgIpc) is 2.36. The minimum Gasteiger partial charge on any atom is -0.462 e. The van der Waals surface area contributed by atoms with E-state index in [-0.39, 0.29) is 23.5 Å². The van der Waals surface area contributed by atoms with Gasteiger partial charge in [-0.25, -0.2) is 9.78 Å². The summed E-state index contributed by atoms with van der Waals surface area (Å²) < 4.78 is 4.88. The number of nitrogens with zero attached hydrogens (tertiary/aromatic N) is 3. The highest BCUT2D eigenvalue weighted by molar-refractivity contribution is 7.99. The third-order valence-electron chi connectivity index (χ3n) is 2.07. The quantitative estimate of drug-likeness (QED) is 0.609. The van der Waals surface area contributed by atoms with Crippen LogP contribution in [0.2, 0.25) is 0 Å². The largest absolute Gasteiger partial charge is 0.462 e. The van der Waals surface area contributed by atoms with Gasteiger partial charge in [-0.2, -0.15) is 10.5 Å². The van der Waals surface area contributed by atoms with Crippen molar-refractivity contribution in [2.75, 3.05) is 12.4 Å². The fourth-order valence-electron chi connectivity index (χ4n) is 1.29. The van der Waals surface area contributed by atoms with Crippen molar-refractivity contribution in [2.24, 2.45) is 0 Å². The van der Waals surface area contributed by atoms with Crippen LogP contribution in [0.25, 0.3) is 0 Å². The minimum atomic E-state index is -0.490. The molecule has 18 heavy (non-hydrogen) atoms. The van der Waals surface area contributed by atoms with E-state index in [1.165, 1.54) is 17.8 Å². The van der Waals surface area contributed by atoms with Crippen molar-refractivity contribution in [3.05, 3.63) is 22.9 Å². The number of thioether (sulfide) groups is 1. The first-order valence-electron chi connectivity index (χ1n) is 5.22. The highest BCUT2D eigenvalue weighted by atomic mass is 32.2. The standard InChI is InChI=1S/C12H11N3O2S/c1-3-17-12(16)10-6-9(7-14)11(15-8(10)2)18-5-4-13/h6H,3,5H2,1-2H3. The highest BCUT2D eigenvalue weighted by Crippen LogP contribution is 2.22. The van der Waals surface area contributed by atoms with Crippen LogP contribution in [0.4, 0.5) is 0 Å². The molecule has 1 aromatic rings. The number of pyridine rings is 1. The lowest BCUT2D eigenvalue weighted by Gasteiger charge is -2.07. The van der Waals surface area contributed by atoms with Gasteiger partial charge in [0, 0.05) is 0 Å². The van der Waals surface area contributed by atoms with Gasteiger partial charge < -0.3 is 4.74 Å². The number of carbonyl (C=O) groups is 1. The van der Waals surface area contributed by atoms with Crippen molar-refractivity contribution in [3.63, 3.8) is 0 Å². The number of ether oxygens (including phenoxy) is 1. The molecule has 1 aromatic heterocycles. The Labute approximate surface area is 109 Å². The molecule has 6 heteroatoms. The number of rotatable bonds is 4. The summed E-state index contributed by atoms with van der Waals surface area (Å²) in [7, 11) is 0. The molecule has 0 radical (unpaired) electrons. The van der Waals surface area contributed by atoms with E-state index in [9.17, 15) is 4.79 Å². The van der Waals surface area contributed by atoms with Crippen LogP contribution in [0.3, 0.4) is 0 Å². The zero-order chi connectivity index (χ0) is 13.5. The van der Waals surface area contributed by atoms with Gasteiger partial charge in [-0.05, 0) is 19.9 Å². The zero-order valence-corrected chi connectivity index (χ0v) is 10.9. The van der Waals surface area contributed by atoms with Crippen molar-refractivity contribution in [3.8, 4) is 12.1 Å². The number of carbonyl (C=O) groups excluding carboxylic acids is 1. The second-order valence-corrected chi connectivity index (χ2v) is 4.22.